The number of amides is 2. The molecule has 1 atom stereocenters. The molecule has 2 heterocycles. The summed E-state index contributed by atoms with van der Waals surface area (Å²) >= 11 is 0. The third-order valence-electron chi connectivity index (χ3n) is 5.37. The number of carbonyl (C=O) groups excluding carboxylic acids is 1. The van der Waals surface area contributed by atoms with Gasteiger partial charge in [-0.15, -0.1) is 0 Å². The van der Waals surface area contributed by atoms with Crippen LogP contribution in [-0.4, -0.2) is 51.0 Å². The molecule has 32 heavy (non-hydrogen) atoms. The maximum absolute atomic E-state index is 13.8. The predicted octanol–water partition coefficient (Wildman–Crippen LogP) is 1.77. The Hall–Kier alpha value is -3.05. The van der Waals surface area contributed by atoms with E-state index in [0.717, 1.165) is 10.5 Å². The summed E-state index contributed by atoms with van der Waals surface area (Å²) in [6.07, 6.45) is -5.05. The van der Waals surface area contributed by atoms with Crippen molar-refractivity contribution in [2.45, 2.75) is 18.1 Å². The van der Waals surface area contributed by atoms with Crippen molar-refractivity contribution < 1.29 is 41.5 Å². The zero-order chi connectivity index (χ0) is 22.8. The number of hydrogen-bond donors (Lipinski definition) is 3. The molecule has 172 valence electrons. The molecular weight excluding hydrogens is 434 g/mol. The highest BCUT2D eigenvalue weighted by molar-refractivity contribution is 5.75. The van der Waals surface area contributed by atoms with E-state index in [2.05, 4.69) is 5.32 Å². The van der Waals surface area contributed by atoms with Crippen LogP contribution in [0.2, 0.25) is 0 Å². The first-order chi connectivity index (χ1) is 15.3. The Morgan fingerprint density at radius 3 is 2.19 bits per heavy atom. The van der Waals surface area contributed by atoms with Crippen LogP contribution >= 0.6 is 0 Å². The molecule has 0 radical (unpaired) electrons. The lowest BCUT2D eigenvalue weighted by Gasteiger charge is -2.33. The van der Waals surface area contributed by atoms with Gasteiger partial charge in [-0.1, -0.05) is 24.3 Å². The second-order valence-electron chi connectivity index (χ2n) is 7.47. The van der Waals surface area contributed by atoms with Gasteiger partial charge in [0.2, 0.25) is 0 Å². The van der Waals surface area contributed by atoms with E-state index >= 15 is 0 Å². The second-order valence-corrected chi connectivity index (χ2v) is 7.47. The van der Waals surface area contributed by atoms with Crippen molar-refractivity contribution in [2.24, 2.45) is 0 Å². The van der Waals surface area contributed by atoms with Gasteiger partial charge < -0.3 is 24.4 Å². The minimum atomic E-state index is -5.05. The van der Waals surface area contributed by atoms with E-state index in [-0.39, 0.29) is 24.1 Å². The molecule has 2 aliphatic rings. The van der Waals surface area contributed by atoms with E-state index < -0.39 is 23.9 Å². The highest BCUT2D eigenvalue weighted by Crippen LogP contribution is 2.44. The minimum Gasteiger partial charge on any atom is -0.424 e. The van der Waals surface area contributed by atoms with Crippen molar-refractivity contribution >= 4 is 6.03 Å². The van der Waals surface area contributed by atoms with Gasteiger partial charge in [0.1, 0.15) is 24.9 Å². The highest BCUT2D eigenvalue weighted by atomic mass is 19.4. The smallest absolute Gasteiger partial charge is 0.424 e. The standard InChI is InChI=1S/C21H21F4N3O4/c22-15-7-5-14(6-8-15)16(28-9-11-30-12-10-28)13-26-19(29)27-21(20(23,24)25)31-17-3-1-2-4-18(17)32-21/h1-8,16H,9-13H2,(H2,26,27,29)/p+1/t16-/m1/s1. The van der Waals surface area contributed by atoms with Gasteiger partial charge in [0.05, 0.1) is 19.8 Å². The largest absolute Gasteiger partial charge is 0.492 e. The van der Waals surface area contributed by atoms with E-state index in [1.165, 1.54) is 36.4 Å². The molecule has 4 rings (SSSR count). The molecule has 0 aliphatic carbocycles. The maximum Gasteiger partial charge on any atom is 0.492 e. The number of rotatable bonds is 5. The molecule has 0 saturated carbocycles. The van der Waals surface area contributed by atoms with Gasteiger partial charge in [0.25, 0.3) is 0 Å². The van der Waals surface area contributed by atoms with Crippen LogP contribution in [0.1, 0.15) is 11.6 Å². The number of alkyl halides is 3. The van der Waals surface area contributed by atoms with Gasteiger partial charge in [-0.3, -0.25) is 5.32 Å². The number of nitrogens with one attached hydrogen (secondary N) is 3. The van der Waals surface area contributed by atoms with Crippen molar-refractivity contribution in [3.05, 3.63) is 59.9 Å². The number of halogens is 4. The maximum atomic E-state index is 13.8. The van der Waals surface area contributed by atoms with E-state index in [1.807, 2.05) is 0 Å². The fraction of sp³-hybridized carbons (Fsp3) is 0.381. The van der Waals surface area contributed by atoms with Crippen molar-refractivity contribution in [3.63, 3.8) is 0 Å². The summed E-state index contributed by atoms with van der Waals surface area (Å²) in [4.78, 5) is 13.6. The Bertz CT molecular complexity index is 924. The van der Waals surface area contributed by atoms with Crippen molar-refractivity contribution in [2.75, 3.05) is 32.8 Å². The van der Waals surface area contributed by atoms with E-state index in [4.69, 9.17) is 14.2 Å². The lowest BCUT2D eigenvalue weighted by Crippen LogP contribution is -3.15. The summed E-state index contributed by atoms with van der Waals surface area (Å²) in [6.45, 7) is 2.30. The molecular formula is C21H22F4N3O4+. The Morgan fingerprint density at radius 2 is 1.62 bits per heavy atom. The summed E-state index contributed by atoms with van der Waals surface area (Å²) in [6, 6.07) is 9.99. The molecule has 2 aromatic rings. The Balaban J connectivity index is 1.47. The topological polar surface area (TPSA) is 73.3 Å². The second kappa shape index (κ2) is 8.83. The van der Waals surface area contributed by atoms with Crippen LogP contribution in [0.5, 0.6) is 11.5 Å². The Morgan fingerprint density at radius 1 is 1.03 bits per heavy atom. The molecule has 1 saturated heterocycles. The van der Waals surface area contributed by atoms with Crippen LogP contribution in [0.15, 0.2) is 48.5 Å². The third-order valence-corrected chi connectivity index (χ3v) is 5.37. The van der Waals surface area contributed by atoms with Crippen LogP contribution in [0.25, 0.3) is 0 Å². The van der Waals surface area contributed by atoms with Crippen molar-refractivity contribution in [3.8, 4) is 11.5 Å². The number of benzene rings is 2. The van der Waals surface area contributed by atoms with Crippen LogP contribution in [0.3, 0.4) is 0 Å². The van der Waals surface area contributed by atoms with Crippen LogP contribution < -0.4 is 25.0 Å². The lowest BCUT2D eigenvalue weighted by atomic mass is 10.0. The Labute approximate surface area is 181 Å². The number of hydrogen-bond acceptors (Lipinski definition) is 4. The summed E-state index contributed by atoms with van der Waals surface area (Å²) < 4.78 is 70.0. The lowest BCUT2D eigenvalue weighted by molar-refractivity contribution is -0.937. The molecule has 2 aliphatic heterocycles. The average molecular weight is 456 g/mol. The number of carbonyl (C=O) groups is 1. The number of ether oxygens (including phenoxy) is 3. The molecule has 0 spiro atoms. The quantitative estimate of drug-likeness (QED) is 0.600. The van der Waals surface area contributed by atoms with Gasteiger partial charge >= 0.3 is 18.1 Å². The van der Waals surface area contributed by atoms with Crippen LogP contribution in [-0.2, 0) is 4.74 Å². The summed E-state index contributed by atoms with van der Waals surface area (Å²) in [5.41, 5.74) is 0.745. The molecule has 0 aromatic heterocycles. The normalized spacial score (nSPS) is 18.8. The van der Waals surface area contributed by atoms with E-state index in [1.54, 1.807) is 17.4 Å². The molecule has 3 N–H and O–H groups in total. The first kappa shape index (κ1) is 22.2. The first-order valence-electron chi connectivity index (χ1n) is 10.0. The van der Waals surface area contributed by atoms with E-state index in [9.17, 15) is 22.4 Å². The van der Waals surface area contributed by atoms with Crippen LogP contribution in [0, 0.1) is 5.82 Å². The summed E-state index contributed by atoms with van der Waals surface area (Å²) in [7, 11) is 0. The molecule has 2 aromatic carbocycles. The number of fused-ring (bicyclic) bond motifs is 1. The molecule has 0 unspecified atom stereocenters. The SMILES string of the molecule is O=C(NC[C@H](c1ccc(F)cc1)[NH+]1CCOCC1)NC1(C(F)(F)F)Oc2ccccc2O1. The van der Waals surface area contributed by atoms with Gasteiger partial charge in [-0.05, 0) is 24.3 Å². The number of quaternary nitrogens is 1. The fourth-order valence-corrected chi connectivity index (χ4v) is 3.75. The van der Waals surface area contributed by atoms with Gasteiger partial charge in [0, 0.05) is 5.56 Å². The number of morpholine rings is 1. The molecule has 0 bridgehead atoms. The van der Waals surface area contributed by atoms with Crippen LogP contribution in [0.4, 0.5) is 22.4 Å². The zero-order valence-electron chi connectivity index (χ0n) is 16.9. The first-order valence-corrected chi connectivity index (χ1v) is 10.0. The van der Waals surface area contributed by atoms with E-state index in [0.29, 0.717) is 26.3 Å². The predicted molar refractivity (Wildman–Crippen MR) is 104 cm³/mol. The minimum absolute atomic E-state index is 0.00762. The number of para-hydroxylation sites is 2. The summed E-state index contributed by atoms with van der Waals surface area (Å²) in [5.74, 6) is -4.01. The number of urea groups is 1. The monoisotopic (exact) mass is 456 g/mol. The van der Waals surface area contributed by atoms with Gasteiger partial charge in [-0.25, -0.2) is 9.18 Å². The summed E-state index contributed by atoms with van der Waals surface area (Å²) in [5, 5.41) is 4.26. The third kappa shape index (κ3) is 4.58. The van der Waals surface area contributed by atoms with Crippen molar-refractivity contribution in [1.82, 2.24) is 10.6 Å². The molecule has 11 heteroatoms. The zero-order valence-corrected chi connectivity index (χ0v) is 16.9. The fourth-order valence-electron chi connectivity index (χ4n) is 3.75. The molecule has 7 nitrogen and oxygen atoms in total. The Kier molecular flexibility index (Phi) is 6.11. The van der Waals surface area contributed by atoms with Gasteiger partial charge in [0.15, 0.2) is 11.5 Å². The average Bonchev–Trinajstić information content (AvgIpc) is 3.15. The van der Waals surface area contributed by atoms with Gasteiger partial charge in [-0.2, -0.15) is 13.2 Å². The molecule has 1 fully saturated rings. The van der Waals surface area contributed by atoms with Crippen molar-refractivity contribution in [1.29, 1.82) is 0 Å². The molecule has 2 amide bonds. The highest BCUT2D eigenvalue weighted by Gasteiger charge is 2.65.